The molecule has 36 heavy (non-hydrogen) atoms. The van der Waals surface area contributed by atoms with E-state index in [-0.39, 0.29) is 12.4 Å². The number of hydrazine groups is 1. The minimum absolute atomic E-state index is 0.208. The average molecular weight is 498 g/mol. The van der Waals surface area contributed by atoms with Gasteiger partial charge in [0.2, 0.25) is 5.78 Å². The zero-order chi connectivity index (χ0) is 25.0. The van der Waals surface area contributed by atoms with Gasteiger partial charge in [0, 0.05) is 52.4 Å². The zero-order valence-electron chi connectivity index (χ0n) is 19.6. The summed E-state index contributed by atoms with van der Waals surface area (Å²) < 4.78 is 37.8. The molecule has 1 aromatic carbocycles. The summed E-state index contributed by atoms with van der Waals surface area (Å²) >= 11 is 0. The molecule has 3 aromatic heterocycles. The number of nitrogens with two attached hydrogens (primary N) is 1. The molecule has 0 spiro atoms. The number of aliphatic imine (C=N–C) groups is 1. The van der Waals surface area contributed by atoms with Crippen LogP contribution in [0.1, 0.15) is 11.5 Å². The Labute approximate surface area is 204 Å². The summed E-state index contributed by atoms with van der Waals surface area (Å²) in [6.45, 7) is 3.83. The van der Waals surface area contributed by atoms with Gasteiger partial charge in [-0.15, -0.1) is 0 Å². The first-order valence-electron chi connectivity index (χ1n) is 11.6. The molecule has 11 nitrogen and oxygen atoms in total. The molecule has 13 heteroatoms. The second-order valence-corrected chi connectivity index (χ2v) is 8.87. The van der Waals surface area contributed by atoms with Crippen molar-refractivity contribution in [1.29, 1.82) is 0 Å². The highest BCUT2D eigenvalue weighted by molar-refractivity contribution is 6.14. The quantitative estimate of drug-likeness (QED) is 0.411. The lowest BCUT2D eigenvalue weighted by atomic mass is 10.2. The minimum Gasteiger partial charge on any atom is -0.463 e. The number of aromatic nitrogens is 4. The third-order valence-corrected chi connectivity index (χ3v) is 6.76. The Hall–Kier alpha value is -3.97. The van der Waals surface area contributed by atoms with E-state index >= 15 is 0 Å². The van der Waals surface area contributed by atoms with Crippen molar-refractivity contribution in [1.82, 2.24) is 23.6 Å². The lowest BCUT2D eigenvalue weighted by Crippen LogP contribution is -2.47. The van der Waals surface area contributed by atoms with Gasteiger partial charge in [0.15, 0.2) is 11.6 Å². The Balaban J connectivity index is 1.23. The molecular weight excluding hydrogens is 472 g/mol. The molecule has 2 aliphatic heterocycles. The zero-order valence-corrected chi connectivity index (χ0v) is 19.6. The van der Waals surface area contributed by atoms with Crippen LogP contribution in [0.5, 0.6) is 0 Å². The summed E-state index contributed by atoms with van der Waals surface area (Å²) in [6, 6.07) is 7.23. The first kappa shape index (κ1) is 22.5. The van der Waals surface area contributed by atoms with Crippen LogP contribution < -0.4 is 21.4 Å². The van der Waals surface area contributed by atoms with Crippen LogP contribution in [-0.4, -0.2) is 68.8 Å². The smallest absolute Gasteiger partial charge is 0.345 e. The second-order valence-electron chi connectivity index (χ2n) is 8.87. The third kappa shape index (κ3) is 3.58. The number of anilines is 2. The first-order chi connectivity index (χ1) is 17.4. The predicted molar refractivity (Wildman–Crippen MR) is 129 cm³/mol. The van der Waals surface area contributed by atoms with Gasteiger partial charge in [-0.3, -0.25) is 19.5 Å². The van der Waals surface area contributed by atoms with Gasteiger partial charge in [-0.25, -0.2) is 28.6 Å². The Kier molecular flexibility index (Phi) is 5.38. The molecule has 5 heterocycles. The normalized spacial score (nSPS) is 16.6. The number of rotatable bonds is 5. The molecule has 1 fully saturated rings. The fraction of sp³-hybridized carbons (Fsp3) is 0.348. The average Bonchev–Trinajstić information content (AvgIpc) is 3.58. The predicted octanol–water partition coefficient (Wildman–Crippen LogP) is 1.02. The number of hydrogen-bond acceptors (Lipinski definition) is 8. The van der Waals surface area contributed by atoms with E-state index in [1.165, 1.54) is 21.8 Å². The Morgan fingerprint density at radius 1 is 1.11 bits per heavy atom. The van der Waals surface area contributed by atoms with Crippen molar-refractivity contribution in [3.63, 3.8) is 0 Å². The highest BCUT2D eigenvalue weighted by Gasteiger charge is 2.31. The molecule has 0 aliphatic carbocycles. The standard InChI is InChI=1S/C23H25F2N9O2/c1-29-23(35)32(11-8-30-6-9-31(10-7-30)17-5-4-15(24)13-16(17)25)22-28-21-20(34(22)29)19(27-14-33(21)26)18-3-2-12-36-18/h2-5,12-13H,6-11,14,26H2,1H3. The maximum Gasteiger partial charge on any atom is 0.345 e. The molecule has 0 atom stereocenters. The fourth-order valence-electron chi connectivity index (χ4n) is 4.88. The number of piperazine rings is 1. The lowest BCUT2D eigenvalue weighted by molar-refractivity contribution is 0.247. The van der Waals surface area contributed by atoms with Crippen LogP contribution in [0.2, 0.25) is 0 Å². The van der Waals surface area contributed by atoms with Gasteiger partial charge in [0.05, 0.1) is 12.0 Å². The van der Waals surface area contributed by atoms with Crippen molar-refractivity contribution in [2.45, 2.75) is 6.54 Å². The Bertz CT molecular complexity index is 1510. The van der Waals surface area contributed by atoms with Crippen LogP contribution >= 0.6 is 0 Å². The molecule has 1 saturated heterocycles. The molecule has 4 aromatic rings. The number of hydrogen-bond donors (Lipinski definition) is 1. The van der Waals surface area contributed by atoms with E-state index < -0.39 is 11.6 Å². The minimum atomic E-state index is -0.588. The van der Waals surface area contributed by atoms with Crippen molar-refractivity contribution in [2.24, 2.45) is 17.9 Å². The van der Waals surface area contributed by atoms with Gasteiger partial charge < -0.3 is 9.32 Å². The molecule has 0 amide bonds. The van der Waals surface area contributed by atoms with E-state index in [1.807, 2.05) is 4.90 Å². The van der Waals surface area contributed by atoms with E-state index in [0.717, 1.165) is 6.07 Å². The SMILES string of the molecule is Cn1c(=O)n(CCN2CCN(c3ccc(F)cc3F)CC2)c2nc3c(n21)C(c1ccco1)=NCN3N. The maximum absolute atomic E-state index is 14.2. The van der Waals surface area contributed by atoms with Crippen molar-refractivity contribution in [3.05, 3.63) is 70.2 Å². The maximum atomic E-state index is 14.2. The molecule has 0 saturated carbocycles. The van der Waals surface area contributed by atoms with Crippen molar-refractivity contribution < 1.29 is 13.2 Å². The molecule has 0 radical (unpaired) electrons. The number of imidazole rings is 1. The third-order valence-electron chi connectivity index (χ3n) is 6.76. The molecule has 6 rings (SSSR count). The molecule has 0 unspecified atom stereocenters. The number of benzene rings is 1. The van der Waals surface area contributed by atoms with E-state index in [2.05, 4.69) is 9.89 Å². The Morgan fingerprint density at radius 2 is 1.92 bits per heavy atom. The second kappa shape index (κ2) is 8.60. The van der Waals surface area contributed by atoms with Crippen molar-refractivity contribution in [3.8, 4) is 0 Å². The van der Waals surface area contributed by atoms with Gasteiger partial charge >= 0.3 is 5.69 Å². The first-order valence-corrected chi connectivity index (χ1v) is 11.6. The number of nitrogens with zero attached hydrogens (tertiary/aromatic N) is 8. The Morgan fingerprint density at radius 3 is 2.64 bits per heavy atom. The molecule has 2 N–H and O–H groups in total. The largest absolute Gasteiger partial charge is 0.463 e. The van der Waals surface area contributed by atoms with Crippen LogP contribution in [0.25, 0.3) is 5.78 Å². The van der Waals surface area contributed by atoms with Gasteiger partial charge in [-0.05, 0) is 24.3 Å². The van der Waals surface area contributed by atoms with Crippen LogP contribution in [0.3, 0.4) is 0 Å². The van der Waals surface area contributed by atoms with Gasteiger partial charge in [-0.2, -0.15) is 4.98 Å². The summed E-state index contributed by atoms with van der Waals surface area (Å²) in [6.07, 6.45) is 1.57. The summed E-state index contributed by atoms with van der Waals surface area (Å²) in [5.41, 5.74) is 1.38. The molecular formula is C23H25F2N9O2. The van der Waals surface area contributed by atoms with Crippen molar-refractivity contribution in [2.75, 3.05) is 49.3 Å². The summed E-state index contributed by atoms with van der Waals surface area (Å²) in [4.78, 5) is 26.5. The van der Waals surface area contributed by atoms with E-state index in [9.17, 15) is 13.6 Å². The monoisotopic (exact) mass is 497 g/mol. The summed E-state index contributed by atoms with van der Waals surface area (Å²) in [5.74, 6) is 6.57. The van der Waals surface area contributed by atoms with Crippen molar-refractivity contribution >= 4 is 23.0 Å². The highest BCUT2D eigenvalue weighted by Crippen LogP contribution is 2.27. The highest BCUT2D eigenvalue weighted by atomic mass is 19.1. The van der Waals surface area contributed by atoms with Gasteiger partial charge in [-0.1, -0.05) is 0 Å². The van der Waals surface area contributed by atoms with Gasteiger partial charge in [0.1, 0.15) is 29.7 Å². The van der Waals surface area contributed by atoms with Crippen LogP contribution in [0.4, 0.5) is 20.3 Å². The molecule has 188 valence electrons. The fourth-order valence-corrected chi connectivity index (χ4v) is 4.88. The summed E-state index contributed by atoms with van der Waals surface area (Å²) in [5, 5.41) is 1.44. The number of halogens is 2. The topological polar surface area (TPSA) is 105 Å². The van der Waals surface area contributed by atoms with E-state index in [0.29, 0.717) is 73.7 Å². The van der Waals surface area contributed by atoms with Crippen LogP contribution in [0.15, 0.2) is 50.8 Å². The molecule has 2 aliphatic rings. The van der Waals surface area contributed by atoms with E-state index in [1.54, 1.807) is 34.5 Å². The van der Waals surface area contributed by atoms with Gasteiger partial charge in [0.25, 0.3) is 0 Å². The van der Waals surface area contributed by atoms with E-state index in [4.69, 9.17) is 15.2 Å². The number of fused-ring (bicyclic) bond motifs is 3. The number of furan rings is 1. The van der Waals surface area contributed by atoms with Crippen LogP contribution in [0, 0.1) is 11.6 Å². The van der Waals surface area contributed by atoms with Crippen LogP contribution in [-0.2, 0) is 13.6 Å². The number of aryl methyl sites for hydroxylation is 1. The molecule has 0 bridgehead atoms. The summed E-state index contributed by atoms with van der Waals surface area (Å²) in [7, 11) is 1.68. The lowest BCUT2D eigenvalue weighted by Gasteiger charge is -2.36.